The summed E-state index contributed by atoms with van der Waals surface area (Å²) in [5.41, 5.74) is 1.67. The fourth-order valence-corrected chi connectivity index (χ4v) is 3.14. The number of benzene rings is 1. The summed E-state index contributed by atoms with van der Waals surface area (Å²) in [5.74, 6) is 0.800. The van der Waals surface area contributed by atoms with Crippen molar-refractivity contribution in [2.24, 2.45) is 0 Å². The van der Waals surface area contributed by atoms with E-state index in [4.69, 9.17) is 0 Å². The molecule has 0 unspecified atom stereocenters. The smallest absolute Gasteiger partial charge is 0.200 e. The van der Waals surface area contributed by atoms with E-state index >= 15 is 0 Å². The largest absolute Gasteiger partial charge is 0.351 e. The number of hydrogen-bond acceptors (Lipinski definition) is 7. The molecule has 0 bridgehead atoms. The van der Waals surface area contributed by atoms with Gasteiger partial charge in [0, 0.05) is 7.05 Å². The monoisotopic (exact) mass is 297 g/mol. The lowest BCUT2D eigenvalue weighted by Gasteiger charge is -2.15. The van der Waals surface area contributed by atoms with Gasteiger partial charge in [-0.3, -0.25) is 0 Å². The van der Waals surface area contributed by atoms with Gasteiger partial charge in [0.1, 0.15) is 5.01 Å². The second kappa shape index (κ2) is 4.74. The average molecular weight is 297 g/mol. The number of tetrazole rings is 1. The van der Waals surface area contributed by atoms with Crippen LogP contribution in [-0.2, 0) is 6.54 Å². The van der Waals surface area contributed by atoms with Crippen LogP contribution in [-0.4, -0.2) is 37.3 Å². The summed E-state index contributed by atoms with van der Waals surface area (Å²) in [6, 6.07) is 11.9. The Hall–Kier alpha value is -2.61. The Kier molecular flexibility index (Phi) is 2.74. The van der Waals surface area contributed by atoms with Crippen molar-refractivity contribution in [3.05, 3.63) is 41.4 Å². The molecule has 1 aromatic carbocycles. The Morgan fingerprint density at radius 3 is 3.00 bits per heavy atom. The zero-order valence-corrected chi connectivity index (χ0v) is 12.0. The highest BCUT2D eigenvalue weighted by Crippen LogP contribution is 2.23. The lowest BCUT2D eigenvalue weighted by molar-refractivity contribution is 0.720. The van der Waals surface area contributed by atoms with Crippen molar-refractivity contribution in [3.63, 3.8) is 0 Å². The van der Waals surface area contributed by atoms with Crippen LogP contribution in [0.25, 0.3) is 15.9 Å². The van der Waals surface area contributed by atoms with Gasteiger partial charge in [0.05, 0.1) is 16.8 Å². The third-order valence-electron chi connectivity index (χ3n) is 3.16. The van der Waals surface area contributed by atoms with E-state index < -0.39 is 0 Å². The molecule has 0 N–H and O–H groups in total. The van der Waals surface area contributed by atoms with E-state index in [9.17, 15) is 0 Å². The Balaban J connectivity index is 1.63. The molecule has 0 aliphatic rings. The first-order chi connectivity index (χ1) is 10.3. The van der Waals surface area contributed by atoms with E-state index in [0.717, 1.165) is 16.3 Å². The van der Waals surface area contributed by atoms with E-state index in [2.05, 4.69) is 31.7 Å². The standard InChI is InChI=1S/C13H11N7S/c1-19(12-7-6-11-15-17-18-20(11)16-12)8-13-14-9-4-2-3-5-10(9)21-13/h2-7H,8H2,1H3. The van der Waals surface area contributed by atoms with E-state index in [1.807, 2.05) is 42.3 Å². The van der Waals surface area contributed by atoms with Crippen LogP contribution in [0.1, 0.15) is 5.01 Å². The van der Waals surface area contributed by atoms with Crippen molar-refractivity contribution in [2.45, 2.75) is 6.54 Å². The second-order valence-corrected chi connectivity index (χ2v) is 5.76. The number of fused-ring (bicyclic) bond motifs is 2. The Morgan fingerprint density at radius 1 is 1.19 bits per heavy atom. The Morgan fingerprint density at radius 2 is 2.10 bits per heavy atom. The van der Waals surface area contributed by atoms with Crippen LogP contribution < -0.4 is 4.90 Å². The first-order valence-electron chi connectivity index (χ1n) is 6.40. The van der Waals surface area contributed by atoms with Gasteiger partial charge < -0.3 is 4.90 Å². The summed E-state index contributed by atoms with van der Waals surface area (Å²) in [6.45, 7) is 0.694. The summed E-state index contributed by atoms with van der Waals surface area (Å²) in [5, 5.41) is 16.7. The molecule has 0 fully saturated rings. The summed E-state index contributed by atoms with van der Waals surface area (Å²) < 4.78 is 2.62. The maximum Gasteiger partial charge on any atom is 0.200 e. The van der Waals surface area contributed by atoms with Crippen LogP contribution in [0.3, 0.4) is 0 Å². The van der Waals surface area contributed by atoms with Crippen LogP contribution in [0, 0.1) is 0 Å². The van der Waals surface area contributed by atoms with Crippen LogP contribution in [0.4, 0.5) is 5.82 Å². The predicted molar refractivity (Wildman–Crippen MR) is 80.3 cm³/mol. The van der Waals surface area contributed by atoms with Crippen molar-refractivity contribution >= 4 is 33.0 Å². The zero-order chi connectivity index (χ0) is 14.2. The van der Waals surface area contributed by atoms with Crippen LogP contribution in [0.5, 0.6) is 0 Å². The summed E-state index contributed by atoms with van der Waals surface area (Å²) >= 11 is 1.70. The number of nitrogens with zero attached hydrogens (tertiary/aromatic N) is 7. The van der Waals surface area contributed by atoms with Crippen molar-refractivity contribution in [2.75, 3.05) is 11.9 Å². The van der Waals surface area contributed by atoms with Gasteiger partial charge in [0.2, 0.25) is 0 Å². The fourth-order valence-electron chi connectivity index (χ4n) is 2.12. The molecule has 4 rings (SSSR count). The molecule has 0 aliphatic heterocycles. The van der Waals surface area contributed by atoms with Crippen LogP contribution >= 0.6 is 11.3 Å². The zero-order valence-electron chi connectivity index (χ0n) is 11.2. The number of para-hydroxylation sites is 1. The normalized spacial score (nSPS) is 11.3. The van der Waals surface area contributed by atoms with E-state index in [0.29, 0.717) is 12.2 Å². The van der Waals surface area contributed by atoms with E-state index in [1.54, 1.807) is 11.3 Å². The lowest BCUT2D eigenvalue weighted by Crippen LogP contribution is -2.18. The highest BCUT2D eigenvalue weighted by molar-refractivity contribution is 7.18. The maximum absolute atomic E-state index is 4.63. The number of thiazole rings is 1. The molecule has 0 radical (unpaired) electrons. The lowest BCUT2D eigenvalue weighted by atomic mass is 10.3. The van der Waals surface area contributed by atoms with Crippen molar-refractivity contribution in [1.29, 1.82) is 0 Å². The molecule has 4 aromatic rings. The molecule has 21 heavy (non-hydrogen) atoms. The predicted octanol–water partition coefficient (Wildman–Crippen LogP) is 1.77. The number of rotatable bonds is 3. The van der Waals surface area contributed by atoms with Gasteiger partial charge in [-0.05, 0) is 34.7 Å². The molecule has 104 valence electrons. The van der Waals surface area contributed by atoms with Gasteiger partial charge in [-0.2, -0.15) is 0 Å². The second-order valence-electron chi connectivity index (χ2n) is 4.65. The van der Waals surface area contributed by atoms with Crippen molar-refractivity contribution in [3.8, 4) is 0 Å². The van der Waals surface area contributed by atoms with Crippen LogP contribution in [0.2, 0.25) is 0 Å². The molecule has 3 heterocycles. The summed E-state index contributed by atoms with van der Waals surface area (Å²) in [4.78, 5) is 6.66. The molecule has 0 saturated carbocycles. The van der Waals surface area contributed by atoms with Gasteiger partial charge in [-0.1, -0.05) is 12.1 Å². The summed E-state index contributed by atoms with van der Waals surface area (Å²) in [7, 11) is 1.98. The van der Waals surface area contributed by atoms with Crippen LogP contribution in [0.15, 0.2) is 36.4 Å². The first kappa shape index (κ1) is 12.2. The van der Waals surface area contributed by atoms with E-state index in [-0.39, 0.29) is 0 Å². The molecule has 0 amide bonds. The molecule has 0 aliphatic carbocycles. The Bertz CT molecular complexity index is 880. The average Bonchev–Trinajstić information content (AvgIpc) is 3.11. The molecular weight excluding hydrogens is 286 g/mol. The number of hydrogen-bond donors (Lipinski definition) is 0. The fraction of sp³-hybridized carbons (Fsp3) is 0.154. The van der Waals surface area contributed by atoms with Gasteiger partial charge in [0.15, 0.2) is 11.5 Å². The van der Waals surface area contributed by atoms with Gasteiger partial charge >= 0.3 is 0 Å². The molecule has 3 aromatic heterocycles. The molecule has 0 atom stereocenters. The summed E-state index contributed by atoms with van der Waals surface area (Å²) in [6.07, 6.45) is 0. The molecular formula is C13H11N7S. The SMILES string of the molecule is CN(Cc1nc2ccccc2s1)c1ccc2nnnn2n1. The number of anilines is 1. The molecule has 0 spiro atoms. The van der Waals surface area contributed by atoms with Gasteiger partial charge in [-0.15, -0.1) is 26.2 Å². The molecule has 8 heteroatoms. The highest BCUT2D eigenvalue weighted by Gasteiger charge is 2.09. The third-order valence-corrected chi connectivity index (χ3v) is 4.18. The van der Waals surface area contributed by atoms with Gasteiger partial charge in [0.25, 0.3) is 0 Å². The minimum atomic E-state index is 0.632. The van der Waals surface area contributed by atoms with Crippen molar-refractivity contribution < 1.29 is 0 Å². The van der Waals surface area contributed by atoms with Gasteiger partial charge in [-0.25, -0.2) is 4.98 Å². The van der Waals surface area contributed by atoms with Crippen molar-refractivity contribution in [1.82, 2.24) is 30.2 Å². The minimum Gasteiger partial charge on any atom is -0.351 e. The number of aromatic nitrogens is 6. The minimum absolute atomic E-state index is 0.632. The third kappa shape index (κ3) is 2.19. The Labute approximate surface area is 123 Å². The molecule has 7 nitrogen and oxygen atoms in total. The highest BCUT2D eigenvalue weighted by atomic mass is 32.1. The maximum atomic E-state index is 4.63. The topological polar surface area (TPSA) is 72.1 Å². The quantitative estimate of drug-likeness (QED) is 0.574. The van der Waals surface area contributed by atoms with E-state index in [1.165, 1.54) is 9.33 Å². The first-order valence-corrected chi connectivity index (χ1v) is 7.22. The molecule has 0 saturated heterocycles.